The van der Waals surface area contributed by atoms with Crippen LogP contribution in [0.1, 0.15) is 18.7 Å². The van der Waals surface area contributed by atoms with Crippen molar-refractivity contribution in [3.8, 4) is 0 Å². The lowest BCUT2D eigenvalue weighted by Gasteiger charge is -2.21. The molecule has 0 fully saturated rings. The summed E-state index contributed by atoms with van der Waals surface area (Å²) in [6.45, 7) is 3.73. The van der Waals surface area contributed by atoms with Gasteiger partial charge in [0.2, 0.25) is 0 Å². The van der Waals surface area contributed by atoms with E-state index in [2.05, 4.69) is 10.4 Å². The molecule has 78 valence electrons. The van der Waals surface area contributed by atoms with Gasteiger partial charge in [0.15, 0.2) is 0 Å². The van der Waals surface area contributed by atoms with Crippen LogP contribution >= 0.6 is 0 Å². The lowest BCUT2D eigenvalue weighted by Crippen LogP contribution is -2.41. The van der Waals surface area contributed by atoms with Gasteiger partial charge in [-0.2, -0.15) is 5.10 Å². The first-order valence-electron chi connectivity index (χ1n) is 4.48. The quantitative estimate of drug-likeness (QED) is 0.734. The molecular formula is C9H15N3O2. The molecule has 0 saturated heterocycles. The van der Waals surface area contributed by atoms with Gasteiger partial charge >= 0.3 is 5.97 Å². The van der Waals surface area contributed by atoms with Crippen LogP contribution < -0.4 is 5.32 Å². The monoisotopic (exact) mass is 197 g/mol. The van der Waals surface area contributed by atoms with Gasteiger partial charge in [-0.1, -0.05) is 0 Å². The summed E-state index contributed by atoms with van der Waals surface area (Å²) in [5, 5.41) is 15.8. The molecule has 2 unspecified atom stereocenters. The fourth-order valence-electron chi connectivity index (χ4n) is 1.52. The predicted molar refractivity (Wildman–Crippen MR) is 52.2 cm³/mol. The molecule has 1 rings (SSSR count). The zero-order chi connectivity index (χ0) is 10.7. The van der Waals surface area contributed by atoms with Crippen molar-refractivity contribution < 1.29 is 9.90 Å². The predicted octanol–water partition coefficient (Wildman–Crippen LogP) is 0.425. The zero-order valence-corrected chi connectivity index (χ0v) is 8.56. The summed E-state index contributed by atoms with van der Waals surface area (Å²) in [6, 6.07) is 1.03. The highest BCUT2D eigenvalue weighted by atomic mass is 16.4. The molecule has 0 aromatic carbocycles. The van der Waals surface area contributed by atoms with Crippen molar-refractivity contribution in [1.29, 1.82) is 0 Å². The second kappa shape index (κ2) is 4.23. The fraction of sp³-hybridized carbons (Fsp3) is 0.556. The standard InChI is InChI=1S/C9H15N3O2/c1-6-4-5-11-12(6)7(2)8(10-3)9(13)14/h4-5,7-8,10H,1-3H3,(H,13,14). The van der Waals surface area contributed by atoms with Crippen molar-refractivity contribution in [2.24, 2.45) is 0 Å². The number of aliphatic carboxylic acids is 1. The van der Waals surface area contributed by atoms with Crippen molar-refractivity contribution in [3.63, 3.8) is 0 Å². The molecule has 14 heavy (non-hydrogen) atoms. The van der Waals surface area contributed by atoms with E-state index in [-0.39, 0.29) is 6.04 Å². The van der Waals surface area contributed by atoms with E-state index in [1.54, 1.807) is 17.9 Å². The Labute approximate surface area is 82.7 Å². The van der Waals surface area contributed by atoms with Gasteiger partial charge < -0.3 is 10.4 Å². The third-order valence-corrected chi connectivity index (χ3v) is 2.31. The van der Waals surface area contributed by atoms with E-state index in [1.807, 2.05) is 19.9 Å². The lowest BCUT2D eigenvalue weighted by molar-refractivity contribution is -0.140. The van der Waals surface area contributed by atoms with Crippen LogP contribution in [0.2, 0.25) is 0 Å². The Morgan fingerprint density at radius 2 is 2.36 bits per heavy atom. The summed E-state index contributed by atoms with van der Waals surface area (Å²) in [4.78, 5) is 10.9. The molecule has 0 spiro atoms. The lowest BCUT2D eigenvalue weighted by atomic mass is 10.1. The van der Waals surface area contributed by atoms with Crippen LogP contribution in [0.5, 0.6) is 0 Å². The molecule has 1 heterocycles. The molecule has 0 radical (unpaired) electrons. The summed E-state index contributed by atoms with van der Waals surface area (Å²) >= 11 is 0. The van der Waals surface area contributed by atoms with Crippen molar-refractivity contribution in [2.45, 2.75) is 25.9 Å². The largest absolute Gasteiger partial charge is 0.480 e. The molecular weight excluding hydrogens is 182 g/mol. The Morgan fingerprint density at radius 1 is 1.71 bits per heavy atom. The zero-order valence-electron chi connectivity index (χ0n) is 8.56. The van der Waals surface area contributed by atoms with E-state index in [1.165, 1.54) is 0 Å². The van der Waals surface area contributed by atoms with Crippen LogP contribution in [0.4, 0.5) is 0 Å². The van der Waals surface area contributed by atoms with Gasteiger partial charge in [0, 0.05) is 11.9 Å². The maximum Gasteiger partial charge on any atom is 0.322 e. The van der Waals surface area contributed by atoms with Gasteiger partial charge in [0.1, 0.15) is 6.04 Å². The topological polar surface area (TPSA) is 67.2 Å². The molecule has 0 aliphatic rings. The van der Waals surface area contributed by atoms with E-state index in [4.69, 9.17) is 5.11 Å². The second-order valence-electron chi connectivity index (χ2n) is 3.26. The number of rotatable bonds is 4. The molecule has 0 aliphatic carbocycles. The van der Waals surface area contributed by atoms with Crippen LogP contribution in [-0.2, 0) is 4.79 Å². The number of carboxylic acid groups (broad SMARTS) is 1. The van der Waals surface area contributed by atoms with Gasteiger partial charge in [-0.25, -0.2) is 0 Å². The van der Waals surface area contributed by atoms with Crippen LogP contribution in [0, 0.1) is 6.92 Å². The molecule has 0 aliphatic heterocycles. The van der Waals surface area contributed by atoms with Crippen LogP contribution in [0.15, 0.2) is 12.3 Å². The van der Waals surface area contributed by atoms with Crippen molar-refractivity contribution in [2.75, 3.05) is 7.05 Å². The van der Waals surface area contributed by atoms with Gasteiger partial charge in [0.05, 0.1) is 6.04 Å². The van der Waals surface area contributed by atoms with Crippen molar-refractivity contribution in [1.82, 2.24) is 15.1 Å². The van der Waals surface area contributed by atoms with Gasteiger partial charge in [-0.3, -0.25) is 9.48 Å². The van der Waals surface area contributed by atoms with E-state index in [0.717, 1.165) is 5.69 Å². The maximum absolute atomic E-state index is 10.9. The first-order valence-corrected chi connectivity index (χ1v) is 4.48. The maximum atomic E-state index is 10.9. The molecule has 0 amide bonds. The summed E-state index contributed by atoms with van der Waals surface area (Å²) in [7, 11) is 1.63. The number of hydrogen-bond acceptors (Lipinski definition) is 3. The molecule has 0 bridgehead atoms. The summed E-state index contributed by atoms with van der Waals surface area (Å²) < 4.78 is 1.70. The summed E-state index contributed by atoms with van der Waals surface area (Å²) in [5.74, 6) is -0.866. The van der Waals surface area contributed by atoms with Crippen LogP contribution in [0.3, 0.4) is 0 Å². The molecule has 5 nitrogen and oxygen atoms in total. The highest BCUT2D eigenvalue weighted by Gasteiger charge is 2.25. The minimum atomic E-state index is -0.866. The van der Waals surface area contributed by atoms with Crippen LogP contribution in [0.25, 0.3) is 0 Å². The van der Waals surface area contributed by atoms with Gasteiger partial charge in [-0.15, -0.1) is 0 Å². The Bertz CT molecular complexity index is 322. The Hall–Kier alpha value is -1.36. The van der Waals surface area contributed by atoms with Crippen LogP contribution in [-0.4, -0.2) is 33.9 Å². The number of carboxylic acids is 1. The number of carbonyl (C=O) groups is 1. The third-order valence-electron chi connectivity index (χ3n) is 2.31. The number of likely N-dealkylation sites (N-methyl/N-ethyl adjacent to an activating group) is 1. The first-order chi connectivity index (χ1) is 6.57. The Morgan fingerprint density at radius 3 is 2.71 bits per heavy atom. The average Bonchev–Trinajstić information content (AvgIpc) is 2.51. The fourth-order valence-corrected chi connectivity index (χ4v) is 1.52. The van der Waals surface area contributed by atoms with E-state index in [0.29, 0.717) is 0 Å². The molecule has 1 aromatic rings. The highest BCUT2D eigenvalue weighted by molar-refractivity contribution is 5.74. The molecule has 0 saturated carbocycles. The Kier molecular flexibility index (Phi) is 3.24. The minimum Gasteiger partial charge on any atom is -0.480 e. The highest BCUT2D eigenvalue weighted by Crippen LogP contribution is 2.12. The van der Waals surface area contributed by atoms with E-state index >= 15 is 0 Å². The van der Waals surface area contributed by atoms with Gasteiger partial charge in [0.25, 0.3) is 0 Å². The minimum absolute atomic E-state index is 0.201. The third kappa shape index (κ3) is 1.93. The van der Waals surface area contributed by atoms with E-state index < -0.39 is 12.0 Å². The summed E-state index contributed by atoms with van der Waals surface area (Å²) in [5.41, 5.74) is 0.957. The number of aromatic nitrogens is 2. The van der Waals surface area contributed by atoms with Gasteiger partial charge in [-0.05, 0) is 27.0 Å². The first kappa shape index (κ1) is 10.7. The average molecular weight is 197 g/mol. The normalized spacial score (nSPS) is 15.1. The molecule has 1 aromatic heterocycles. The van der Waals surface area contributed by atoms with Crippen molar-refractivity contribution in [3.05, 3.63) is 18.0 Å². The SMILES string of the molecule is CNC(C(=O)O)C(C)n1nccc1C. The molecule has 2 N–H and O–H groups in total. The summed E-state index contributed by atoms with van der Waals surface area (Å²) in [6.07, 6.45) is 1.67. The number of aryl methyl sites for hydroxylation is 1. The molecule has 5 heteroatoms. The second-order valence-corrected chi connectivity index (χ2v) is 3.26. The smallest absolute Gasteiger partial charge is 0.322 e. The number of nitrogens with zero attached hydrogens (tertiary/aromatic N) is 2. The number of hydrogen-bond donors (Lipinski definition) is 2. The number of nitrogens with one attached hydrogen (secondary N) is 1. The van der Waals surface area contributed by atoms with Crippen molar-refractivity contribution >= 4 is 5.97 Å². The van der Waals surface area contributed by atoms with E-state index in [9.17, 15) is 4.79 Å². The Balaban J connectivity index is 2.88. The molecule has 2 atom stereocenters.